The normalized spacial score (nSPS) is 13.8. The molecule has 0 bridgehead atoms. The van der Waals surface area contributed by atoms with Crippen LogP contribution in [0.15, 0.2) is 42.7 Å². The smallest absolute Gasteiger partial charge is 0.227 e. The van der Waals surface area contributed by atoms with E-state index in [4.69, 9.17) is 0 Å². The average Bonchev–Trinajstić information content (AvgIpc) is 2.55. The highest BCUT2D eigenvalue weighted by Crippen LogP contribution is 2.18. The summed E-state index contributed by atoms with van der Waals surface area (Å²) in [5.74, 6) is 0.179. The molecule has 108 valence electrons. The van der Waals surface area contributed by atoms with Gasteiger partial charge in [0, 0.05) is 17.2 Å². The van der Waals surface area contributed by atoms with Crippen molar-refractivity contribution in [2.75, 3.05) is 0 Å². The second-order valence-corrected chi connectivity index (χ2v) is 5.85. The molecule has 3 rings (SSSR count). The van der Waals surface area contributed by atoms with E-state index in [0.717, 1.165) is 18.4 Å². The lowest BCUT2D eigenvalue weighted by Gasteiger charge is -2.13. The van der Waals surface area contributed by atoms with Crippen molar-refractivity contribution in [3.8, 4) is 0 Å². The zero-order valence-electron chi connectivity index (χ0n) is 12.6. The molecule has 1 aliphatic carbocycles. The highest BCUT2D eigenvalue weighted by molar-refractivity contribution is 5.95. The van der Waals surface area contributed by atoms with Crippen molar-refractivity contribution in [2.45, 2.75) is 45.6 Å². The minimum absolute atomic E-state index is 0.179. The number of benzene rings is 1. The zero-order chi connectivity index (χ0) is 14.7. The number of carbonyl (C=O) groups excluding carboxylic acids is 1. The summed E-state index contributed by atoms with van der Waals surface area (Å²) in [6.07, 6.45) is 10.1. The Morgan fingerprint density at radius 2 is 1.76 bits per heavy atom. The van der Waals surface area contributed by atoms with E-state index in [9.17, 15) is 4.79 Å². The third-order valence-electron chi connectivity index (χ3n) is 4.35. The molecule has 0 fully saturated rings. The summed E-state index contributed by atoms with van der Waals surface area (Å²) < 4.78 is 2.03. The Morgan fingerprint density at radius 1 is 1.05 bits per heavy atom. The molecule has 1 aromatic heterocycles. The molecule has 0 aliphatic heterocycles. The van der Waals surface area contributed by atoms with E-state index in [-0.39, 0.29) is 5.78 Å². The summed E-state index contributed by atoms with van der Waals surface area (Å²) in [5.41, 5.74) is 4.94. The molecule has 2 heteroatoms. The first kappa shape index (κ1) is 14.0. The number of hydrogen-bond donors (Lipinski definition) is 0. The average molecular weight is 280 g/mol. The number of carbonyl (C=O) groups is 1. The summed E-state index contributed by atoms with van der Waals surface area (Å²) >= 11 is 0. The number of fused-ring (bicyclic) bond motifs is 1. The standard InChI is InChI=1S/C19H22NO/c1-2-15-7-9-17(10-8-15)19(21)14-20-12-11-16-5-3-4-6-18(16)13-20/h7-13H,2-6,14H2,1H3/q+1. The third kappa shape index (κ3) is 3.21. The first-order valence-electron chi connectivity index (χ1n) is 7.89. The summed E-state index contributed by atoms with van der Waals surface area (Å²) in [5, 5.41) is 0. The van der Waals surface area contributed by atoms with Crippen LogP contribution in [0.1, 0.15) is 46.8 Å². The Morgan fingerprint density at radius 3 is 2.48 bits per heavy atom. The maximum Gasteiger partial charge on any atom is 0.227 e. The van der Waals surface area contributed by atoms with Gasteiger partial charge >= 0.3 is 0 Å². The van der Waals surface area contributed by atoms with Gasteiger partial charge in [-0.3, -0.25) is 4.79 Å². The number of nitrogens with zero attached hydrogens (tertiary/aromatic N) is 1. The molecule has 0 atom stereocenters. The summed E-state index contributed by atoms with van der Waals surface area (Å²) in [4.78, 5) is 12.4. The fourth-order valence-corrected chi connectivity index (χ4v) is 3.00. The number of ketones is 1. The van der Waals surface area contributed by atoms with E-state index in [0.29, 0.717) is 6.54 Å². The van der Waals surface area contributed by atoms with Crippen LogP contribution in [0.3, 0.4) is 0 Å². The molecule has 0 radical (unpaired) electrons. The molecule has 0 amide bonds. The van der Waals surface area contributed by atoms with Crippen LogP contribution in [0, 0.1) is 0 Å². The summed E-state index contributed by atoms with van der Waals surface area (Å²) in [7, 11) is 0. The topological polar surface area (TPSA) is 20.9 Å². The monoisotopic (exact) mass is 280 g/mol. The van der Waals surface area contributed by atoms with Gasteiger partial charge in [-0.05, 0) is 43.2 Å². The fourth-order valence-electron chi connectivity index (χ4n) is 3.00. The zero-order valence-corrected chi connectivity index (χ0v) is 12.6. The largest absolute Gasteiger partial charge is 0.287 e. The van der Waals surface area contributed by atoms with Crippen LogP contribution >= 0.6 is 0 Å². The van der Waals surface area contributed by atoms with Gasteiger partial charge in [0.1, 0.15) is 0 Å². The minimum Gasteiger partial charge on any atom is -0.287 e. The maximum absolute atomic E-state index is 12.4. The van der Waals surface area contributed by atoms with Crippen molar-refractivity contribution >= 4 is 5.78 Å². The van der Waals surface area contributed by atoms with Gasteiger partial charge in [-0.25, -0.2) is 0 Å². The van der Waals surface area contributed by atoms with Crippen molar-refractivity contribution in [1.82, 2.24) is 0 Å². The SMILES string of the molecule is CCc1ccc(C(=O)C[n+]2ccc3c(c2)CCCC3)cc1. The molecule has 0 saturated carbocycles. The Bertz CT molecular complexity index is 643. The molecule has 0 saturated heterocycles. The molecular formula is C19H22NO+. The van der Waals surface area contributed by atoms with Gasteiger partial charge < -0.3 is 0 Å². The first-order valence-corrected chi connectivity index (χ1v) is 7.89. The van der Waals surface area contributed by atoms with Crippen molar-refractivity contribution in [3.63, 3.8) is 0 Å². The van der Waals surface area contributed by atoms with Crippen LogP contribution in [0.4, 0.5) is 0 Å². The molecular weight excluding hydrogens is 258 g/mol. The van der Waals surface area contributed by atoms with Gasteiger partial charge in [-0.1, -0.05) is 31.2 Å². The van der Waals surface area contributed by atoms with Gasteiger partial charge in [-0.2, -0.15) is 4.57 Å². The van der Waals surface area contributed by atoms with Gasteiger partial charge in [0.05, 0.1) is 0 Å². The van der Waals surface area contributed by atoms with E-state index >= 15 is 0 Å². The molecule has 1 aromatic carbocycles. The second-order valence-electron chi connectivity index (χ2n) is 5.85. The van der Waals surface area contributed by atoms with Crippen molar-refractivity contribution in [3.05, 3.63) is 65.0 Å². The second kappa shape index (κ2) is 6.21. The molecule has 1 aliphatic rings. The lowest BCUT2D eigenvalue weighted by Crippen LogP contribution is -2.38. The van der Waals surface area contributed by atoms with Crippen LogP contribution < -0.4 is 4.57 Å². The van der Waals surface area contributed by atoms with Crippen molar-refractivity contribution in [2.24, 2.45) is 0 Å². The molecule has 1 heterocycles. The molecule has 0 N–H and O–H groups in total. The number of rotatable bonds is 4. The van der Waals surface area contributed by atoms with Crippen LogP contribution in [-0.4, -0.2) is 5.78 Å². The van der Waals surface area contributed by atoms with E-state index in [2.05, 4.69) is 19.2 Å². The highest BCUT2D eigenvalue weighted by atomic mass is 16.1. The van der Waals surface area contributed by atoms with Gasteiger partial charge in [0.25, 0.3) is 0 Å². The number of Topliss-reactive ketones (excluding diaryl/α,β-unsaturated/α-hetero) is 1. The van der Waals surface area contributed by atoms with Crippen LogP contribution in [-0.2, 0) is 25.8 Å². The van der Waals surface area contributed by atoms with Crippen LogP contribution in [0.25, 0.3) is 0 Å². The molecule has 2 aromatic rings. The minimum atomic E-state index is 0.179. The lowest BCUT2D eigenvalue weighted by atomic mass is 9.93. The van der Waals surface area contributed by atoms with Crippen LogP contribution in [0.5, 0.6) is 0 Å². The van der Waals surface area contributed by atoms with E-state index in [1.165, 1.54) is 36.0 Å². The van der Waals surface area contributed by atoms with Gasteiger partial charge in [-0.15, -0.1) is 0 Å². The quantitative estimate of drug-likeness (QED) is 0.622. The summed E-state index contributed by atoms with van der Waals surface area (Å²) in [6, 6.07) is 10.2. The number of aryl methyl sites for hydroxylation is 3. The van der Waals surface area contributed by atoms with E-state index < -0.39 is 0 Å². The molecule has 2 nitrogen and oxygen atoms in total. The predicted molar refractivity (Wildman–Crippen MR) is 83.4 cm³/mol. The Hall–Kier alpha value is -1.96. The molecule has 0 unspecified atom stereocenters. The maximum atomic E-state index is 12.4. The number of pyridine rings is 1. The van der Waals surface area contributed by atoms with Crippen molar-refractivity contribution in [1.29, 1.82) is 0 Å². The van der Waals surface area contributed by atoms with Crippen molar-refractivity contribution < 1.29 is 9.36 Å². The van der Waals surface area contributed by atoms with E-state index in [1.807, 2.05) is 35.0 Å². The van der Waals surface area contributed by atoms with Crippen LogP contribution in [0.2, 0.25) is 0 Å². The van der Waals surface area contributed by atoms with Gasteiger partial charge in [0.2, 0.25) is 12.3 Å². The number of hydrogen-bond acceptors (Lipinski definition) is 1. The van der Waals surface area contributed by atoms with E-state index in [1.54, 1.807) is 0 Å². The third-order valence-corrected chi connectivity index (χ3v) is 4.35. The molecule has 0 spiro atoms. The number of aromatic nitrogens is 1. The fraction of sp³-hybridized carbons (Fsp3) is 0.368. The Labute approximate surface area is 126 Å². The Balaban J connectivity index is 1.74. The summed E-state index contributed by atoms with van der Waals surface area (Å²) in [6.45, 7) is 2.55. The highest BCUT2D eigenvalue weighted by Gasteiger charge is 2.16. The first-order chi connectivity index (χ1) is 10.3. The molecule has 21 heavy (non-hydrogen) atoms. The Kier molecular flexibility index (Phi) is 4.14. The van der Waals surface area contributed by atoms with Gasteiger partial charge in [0.15, 0.2) is 12.4 Å². The lowest BCUT2D eigenvalue weighted by molar-refractivity contribution is -0.683. The predicted octanol–water partition coefficient (Wildman–Crippen LogP) is 3.30.